The predicted molar refractivity (Wildman–Crippen MR) is 50.5 cm³/mol. The molecule has 0 fully saturated rings. The van der Waals surface area contributed by atoms with Gasteiger partial charge in [0.05, 0.1) is 5.69 Å². The van der Waals surface area contributed by atoms with Crippen molar-refractivity contribution in [2.75, 3.05) is 0 Å². The van der Waals surface area contributed by atoms with E-state index in [1.807, 2.05) is 30.3 Å². The lowest BCUT2D eigenvalue weighted by atomic mass is 10.3. The van der Waals surface area contributed by atoms with Crippen LogP contribution in [0.25, 0.3) is 5.69 Å². The molecule has 2 aromatic rings. The van der Waals surface area contributed by atoms with E-state index in [1.165, 1.54) is 4.80 Å². The molecule has 1 aliphatic heterocycles. The number of cyclic esters (lactones) is 1. The van der Waals surface area contributed by atoms with Crippen LogP contribution in [0.4, 0.5) is 0 Å². The van der Waals surface area contributed by atoms with Gasteiger partial charge in [0.25, 0.3) is 0 Å². The maximum atomic E-state index is 11.2. The van der Waals surface area contributed by atoms with Crippen LogP contribution in [0.3, 0.4) is 0 Å². The van der Waals surface area contributed by atoms with E-state index in [-0.39, 0.29) is 6.61 Å². The molecule has 0 saturated heterocycles. The van der Waals surface area contributed by atoms with Gasteiger partial charge in [0.1, 0.15) is 12.3 Å². The molecule has 74 valence electrons. The largest absolute Gasteiger partial charge is 0.454 e. The summed E-state index contributed by atoms with van der Waals surface area (Å²) in [5.74, 6) is -0.396. The molecular formula is C10H7N3O2. The molecule has 0 radical (unpaired) electrons. The van der Waals surface area contributed by atoms with Crippen molar-refractivity contribution in [3.63, 3.8) is 0 Å². The summed E-state index contributed by atoms with van der Waals surface area (Å²) >= 11 is 0. The van der Waals surface area contributed by atoms with Crippen molar-refractivity contribution in [2.24, 2.45) is 0 Å². The van der Waals surface area contributed by atoms with E-state index < -0.39 is 5.97 Å². The highest BCUT2D eigenvalue weighted by molar-refractivity contribution is 5.90. The highest BCUT2D eigenvalue weighted by atomic mass is 16.5. The number of hydrogen-bond acceptors (Lipinski definition) is 4. The fourth-order valence-electron chi connectivity index (χ4n) is 1.47. The van der Waals surface area contributed by atoms with Gasteiger partial charge < -0.3 is 4.74 Å². The van der Waals surface area contributed by atoms with E-state index in [0.717, 1.165) is 5.69 Å². The molecule has 5 nitrogen and oxygen atoms in total. The Bertz CT molecular complexity index is 519. The first-order valence-corrected chi connectivity index (χ1v) is 4.53. The van der Waals surface area contributed by atoms with Crippen LogP contribution in [0, 0.1) is 0 Å². The van der Waals surface area contributed by atoms with Crippen molar-refractivity contribution in [2.45, 2.75) is 6.61 Å². The SMILES string of the molecule is O=C1OCc2nn(-c3ccccc3)nc21. The molecule has 0 aliphatic carbocycles. The highest BCUT2D eigenvalue weighted by Gasteiger charge is 2.27. The average Bonchev–Trinajstić information content (AvgIpc) is 2.83. The van der Waals surface area contributed by atoms with Gasteiger partial charge in [-0.25, -0.2) is 4.79 Å². The lowest BCUT2D eigenvalue weighted by Crippen LogP contribution is -2.03. The van der Waals surface area contributed by atoms with E-state index in [4.69, 9.17) is 4.74 Å². The number of hydrogen-bond donors (Lipinski definition) is 0. The van der Waals surface area contributed by atoms with Gasteiger partial charge in [-0.05, 0) is 12.1 Å². The molecule has 0 saturated carbocycles. The van der Waals surface area contributed by atoms with Crippen LogP contribution in [0.1, 0.15) is 16.2 Å². The van der Waals surface area contributed by atoms with Crippen LogP contribution < -0.4 is 0 Å². The number of carbonyl (C=O) groups is 1. The Morgan fingerprint density at radius 1 is 1.20 bits per heavy atom. The molecule has 1 aromatic heterocycles. The first-order chi connectivity index (χ1) is 7.34. The molecule has 0 bridgehead atoms. The average molecular weight is 201 g/mol. The van der Waals surface area contributed by atoms with Crippen LogP contribution in [-0.2, 0) is 11.3 Å². The molecule has 3 rings (SSSR count). The Hall–Kier alpha value is -2.17. The topological polar surface area (TPSA) is 57.0 Å². The Morgan fingerprint density at radius 3 is 2.73 bits per heavy atom. The number of ether oxygens (including phenoxy) is 1. The van der Waals surface area contributed by atoms with Crippen LogP contribution in [0.2, 0.25) is 0 Å². The minimum absolute atomic E-state index is 0.223. The Balaban J connectivity index is 2.09. The monoisotopic (exact) mass is 201 g/mol. The molecule has 15 heavy (non-hydrogen) atoms. The third kappa shape index (κ3) is 1.20. The van der Waals surface area contributed by atoms with Gasteiger partial charge in [-0.3, -0.25) is 0 Å². The summed E-state index contributed by atoms with van der Waals surface area (Å²) in [7, 11) is 0. The minimum atomic E-state index is -0.396. The molecule has 0 unspecified atom stereocenters. The maximum absolute atomic E-state index is 11.2. The molecular weight excluding hydrogens is 194 g/mol. The van der Waals surface area contributed by atoms with Crippen molar-refractivity contribution < 1.29 is 9.53 Å². The summed E-state index contributed by atoms with van der Waals surface area (Å²) in [5, 5.41) is 8.24. The number of para-hydroxylation sites is 1. The van der Waals surface area contributed by atoms with E-state index in [2.05, 4.69) is 10.2 Å². The van der Waals surface area contributed by atoms with Crippen molar-refractivity contribution in [3.05, 3.63) is 41.7 Å². The van der Waals surface area contributed by atoms with Crippen molar-refractivity contribution >= 4 is 5.97 Å². The van der Waals surface area contributed by atoms with Gasteiger partial charge in [0.2, 0.25) is 0 Å². The summed E-state index contributed by atoms with van der Waals surface area (Å²) in [4.78, 5) is 12.6. The molecule has 0 spiro atoms. The van der Waals surface area contributed by atoms with Gasteiger partial charge in [-0.2, -0.15) is 4.80 Å². The molecule has 1 aromatic carbocycles. The van der Waals surface area contributed by atoms with Crippen molar-refractivity contribution in [1.29, 1.82) is 0 Å². The predicted octanol–water partition coefficient (Wildman–Crippen LogP) is 0.938. The Kier molecular flexibility index (Phi) is 1.58. The zero-order valence-corrected chi connectivity index (χ0v) is 7.75. The summed E-state index contributed by atoms with van der Waals surface area (Å²) < 4.78 is 4.78. The molecule has 0 N–H and O–H groups in total. The summed E-state index contributed by atoms with van der Waals surface area (Å²) in [6.45, 7) is 0.223. The van der Waals surface area contributed by atoms with Crippen molar-refractivity contribution in [3.8, 4) is 5.69 Å². The van der Waals surface area contributed by atoms with Gasteiger partial charge in [-0.15, -0.1) is 10.2 Å². The van der Waals surface area contributed by atoms with Gasteiger partial charge in [0.15, 0.2) is 5.69 Å². The summed E-state index contributed by atoms with van der Waals surface area (Å²) in [5.41, 5.74) is 1.75. The second-order valence-corrected chi connectivity index (χ2v) is 3.20. The molecule has 2 heterocycles. The Labute approximate surface area is 85.3 Å². The van der Waals surface area contributed by atoms with E-state index in [9.17, 15) is 4.79 Å². The normalized spacial score (nSPS) is 13.7. The van der Waals surface area contributed by atoms with Gasteiger partial charge >= 0.3 is 5.97 Å². The number of fused-ring (bicyclic) bond motifs is 1. The number of esters is 1. The number of carbonyl (C=O) groups excluding carboxylic acids is 1. The number of benzene rings is 1. The van der Waals surface area contributed by atoms with Gasteiger partial charge in [-0.1, -0.05) is 18.2 Å². The van der Waals surface area contributed by atoms with Gasteiger partial charge in [0, 0.05) is 0 Å². The Morgan fingerprint density at radius 2 is 2.00 bits per heavy atom. The first kappa shape index (κ1) is 8.16. The van der Waals surface area contributed by atoms with E-state index >= 15 is 0 Å². The zero-order valence-electron chi connectivity index (χ0n) is 7.75. The summed E-state index contributed by atoms with van der Waals surface area (Å²) in [6, 6.07) is 9.44. The lowest BCUT2D eigenvalue weighted by Gasteiger charge is -1.98. The number of nitrogens with zero attached hydrogens (tertiary/aromatic N) is 3. The third-order valence-corrected chi connectivity index (χ3v) is 2.20. The van der Waals surface area contributed by atoms with Crippen LogP contribution >= 0.6 is 0 Å². The number of aromatic nitrogens is 3. The molecule has 1 aliphatic rings. The second-order valence-electron chi connectivity index (χ2n) is 3.20. The molecule has 0 atom stereocenters. The van der Waals surface area contributed by atoms with Crippen LogP contribution in [0.15, 0.2) is 30.3 Å². The second kappa shape index (κ2) is 2.91. The van der Waals surface area contributed by atoms with Crippen LogP contribution in [-0.4, -0.2) is 21.0 Å². The smallest absolute Gasteiger partial charge is 0.361 e. The van der Waals surface area contributed by atoms with Crippen molar-refractivity contribution in [1.82, 2.24) is 15.0 Å². The lowest BCUT2D eigenvalue weighted by molar-refractivity contribution is 0.0523. The summed E-state index contributed by atoms with van der Waals surface area (Å²) in [6.07, 6.45) is 0. The first-order valence-electron chi connectivity index (χ1n) is 4.53. The maximum Gasteiger partial charge on any atom is 0.361 e. The zero-order chi connectivity index (χ0) is 10.3. The van der Waals surface area contributed by atoms with E-state index in [0.29, 0.717) is 11.4 Å². The minimum Gasteiger partial charge on any atom is -0.454 e. The third-order valence-electron chi connectivity index (χ3n) is 2.20. The highest BCUT2D eigenvalue weighted by Crippen LogP contribution is 2.16. The fraction of sp³-hybridized carbons (Fsp3) is 0.100. The number of rotatable bonds is 1. The quantitative estimate of drug-likeness (QED) is 0.644. The molecule has 0 amide bonds. The van der Waals surface area contributed by atoms with E-state index in [1.54, 1.807) is 0 Å². The standard InChI is InChI=1S/C10H7N3O2/c14-10-9-8(6-15-10)11-13(12-9)7-4-2-1-3-5-7/h1-5H,6H2. The van der Waals surface area contributed by atoms with Crippen LogP contribution in [0.5, 0.6) is 0 Å². The fourth-order valence-corrected chi connectivity index (χ4v) is 1.47. The molecule has 5 heteroatoms.